The summed E-state index contributed by atoms with van der Waals surface area (Å²) in [4.78, 5) is 4.27. The number of benzene rings is 1. The Balaban J connectivity index is 0.000000161. The molecule has 2 aliphatic rings. The summed E-state index contributed by atoms with van der Waals surface area (Å²) < 4.78 is 0. The fourth-order valence-corrected chi connectivity index (χ4v) is 4.12. The Bertz CT molecular complexity index is 712. The quantitative estimate of drug-likeness (QED) is 0.653. The Hall–Kier alpha value is -1.79. The van der Waals surface area contributed by atoms with Gasteiger partial charge in [-0.15, -0.1) is 0 Å². The summed E-state index contributed by atoms with van der Waals surface area (Å²) in [6, 6.07) is 13.2. The zero-order valence-corrected chi connectivity index (χ0v) is 17.3. The molecule has 1 aromatic heterocycles. The van der Waals surface area contributed by atoms with Crippen LogP contribution in [0.15, 0.2) is 42.6 Å². The first kappa shape index (κ1) is 20.9. The zero-order chi connectivity index (χ0) is 20.3. The van der Waals surface area contributed by atoms with Crippen LogP contribution in [0.1, 0.15) is 62.2 Å². The van der Waals surface area contributed by atoms with Gasteiger partial charge in [0.1, 0.15) is 0 Å². The van der Waals surface area contributed by atoms with Crippen molar-refractivity contribution in [3.8, 4) is 0 Å². The van der Waals surface area contributed by atoms with Crippen LogP contribution in [-0.2, 0) is 12.8 Å². The fourth-order valence-electron chi connectivity index (χ4n) is 4.12. The molecule has 1 heterocycles. The topological polar surface area (TPSA) is 77.4 Å². The van der Waals surface area contributed by atoms with Gasteiger partial charge >= 0.3 is 0 Å². The maximum absolute atomic E-state index is 9.90. The van der Waals surface area contributed by atoms with E-state index in [9.17, 15) is 10.2 Å². The third kappa shape index (κ3) is 4.78. The van der Waals surface area contributed by atoms with Crippen LogP contribution in [0.4, 0.5) is 0 Å². The van der Waals surface area contributed by atoms with Crippen molar-refractivity contribution < 1.29 is 10.2 Å². The van der Waals surface area contributed by atoms with Crippen molar-refractivity contribution in [1.82, 2.24) is 15.6 Å². The van der Waals surface area contributed by atoms with Gasteiger partial charge in [-0.05, 0) is 22.8 Å². The largest absolute Gasteiger partial charge is 0.391 e. The van der Waals surface area contributed by atoms with Crippen LogP contribution in [0.5, 0.6) is 0 Å². The summed E-state index contributed by atoms with van der Waals surface area (Å²) in [5.41, 5.74) is 4.71. The molecule has 0 saturated carbocycles. The van der Waals surface area contributed by atoms with Crippen LogP contribution in [0.25, 0.3) is 0 Å². The standard InChI is InChI=1S/C12H17NO.C11H16N2O/c1-8(2)13-12-10-6-4-3-5-9(10)7-11(12)14;1-7(2)13-11-8-4-3-5-12-9(8)6-10(11)14/h3-6,8,11-14H,7H2,1-2H3;3-5,7,10-11,13-14H,6H2,1-2H3/t11-,12?;10-,11?/m11/s1. The fraction of sp³-hybridized carbons (Fsp3) is 0.522. The third-order valence-electron chi connectivity index (χ3n) is 5.28. The maximum atomic E-state index is 9.90. The van der Waals surface area contributed by atoms with Gasteiger partial charge in [0.25, 0.3) is 0 Å². The molecule has 1 aromatic carbocycles. The summed E-state index contributed by atoms with van der Waals surface area (Å²) in [7, 11) is 0. The molecule has 0 bridgehead atoms. The van der Waals surface area contributed by atoms with E-state index in [4.69, 9.17) is 0 Å². The molecule has 5 heteroatoms. The number of pyridine rings is 1. The minimum Gasteiger partial charge on any atom is -0.391 e. The maximum Gasteiger partial charge on any atom is 0.0791 e. The second kappa shape index (κ2) is 9.14. The van der Waals surface area contributed by atoms with Crippen molar-refractivity contribution in [2.75, 3.05) is 0 Å². The number of rotatable bonds is 4. The van der Waals surface area contributed by atoms with Crippen molar-refractivity contribution >= 4 is 0 Å². The monoisotopic (exact) mass is 383 g/mol. The lowest BCUT2D eigenvalue weighted by atomic mass is 10.1. The van der Waals surface area contributed by atoms with E-state index in [-0.39, 0.29) is 24.3 Å². The van der Waals surface area contributed by atoms with Crippen LogP contribution in [-0.4, -0.2) is 39.5 Å². The van der Waals surface area contributed by atoms with Gasteiger partial charge in [0.15, 0.2) is 0 Å². The molecule has 0 amide bonds. The van der Waals surface area contributed by atoms with Crippen molar-refractivity contribution in [3.05, 3.63) is 65.0 Å². The number of fused-ring (bicyclic) bond motifs is 2. The summed E-state index contributed by atoms with van der Waals surface area (Å²) in [6.45, 7) is 8.38. The summed E-state index contributed by atoms with van der Waals surface area (Å²) in [5.74, 6) is 0. The molecule has 4 N–H and O–H groups in total. The smallest absolute Gasteiger partial charge is 0.0791 e. The molecule has 0 saturated heterocycles. The van der Waals surface area contributed by atoms with Crippen LogP contribution in [0.2, 0.25) is 0 Å². The van der Waals surface area contributed by atoms with E-state index in [1.807, 2.05) is 24.3 Å². The molecule has 2 aliphatic carbocycles. The number of nitrogens with zero attached hydrogens (tertiary/aromatic N) is 1. The first-order chi connectivity index (χ1) is 13.4. The Morgan fingerprint density at radius 3 is 2.07 bits per heavy atom. The van der Waals surface area contributed by atoms with Gasteiger partial charge in [-0.25, -0.2) is 0 Å². The molecule has 4 atom stereocenters. The number of nitrogens with one attached hydrogen (secondary N) is 2. The lowest BCUT2D eigenvalue weighted by Crippen LogP contribution is -2.33. The summed E-state index contributed by atoms with van der Waals surface area (Å²) >= 11 is 0. The number of hydrogen-bond acceptors (Lipinski definition) is 5. The molecule has 2 aromatic rings. The Morgan fingerprint density at radius 2 is 1.39 bits per heavy atom. The third-order valence-corrected chi connectivity index (χ3v) is 5.28. The molecule has 0 radical (unpaired) electrons. The van der Waals surface area contributed by atoms with Gasteiger partial charge < -0.3 is 20.8 Å². The normalized spacial score (nSPS) is 25.4. The van der Waals surface area contributed by atoms with E-state index in [0.29, 0.717) is 18.5 Å². The van der Waals surface area contributed by atoms with Gasteiger partial charge in [0.2, 0.25) is 0 Å². The number of hydrogen-bond donors (Lipinski definition) is 4. The van der Waals surface area contributed by atoms with Gasteiger partial charge in [-0.1, -0.05) is 58.0 Å². The van der Waals surface area contributed by atoms with Crippen molar-refractivity contribution in [3.63, 3.8) is 0 Å². The van der Waals surface area contributed by atoms with Crippen molar-refractivity contribution in [2.24, 2.45) is 0 Å². The lowest BCUT2D eigenvalue weighted by Gasteiger charge is -2.20. The van der Waals surface area contributed by atoms with E-state index in [1.165, 1.54) is 11.1 Å². The Morgan fingerprint density at radius 1 is 0.821 bits per heavy atom. The molecule has 0 fully saturated rings. The lowest BCUT2D eigenvalue weighted by molar-refractivity contribution is 0.136. The average molecular weight is 384 g/mol. The molecule has 152 valence electrons. The van der Waals surface area contributed by atoms with Gasteiger partial charge in [-0.2, -0.15) is 0 Å². The van der Waals surface area contributed by atoms with Gasteiger partial charge in [-0.3, -0.25) is 4.98 Å². The Kier molecular flexibility index (Phi) is 6.83. The Labute approximate surface area is 168 Å². The second-order valence-corrected chi connectivity index (χ2v) is 8.38. The van der Waals surface area contributed by atoms with Crippen LogP contribution in [0.3, 0.4) is 0 Å². The summed E-state index contributed by atoms with van der Waals surface area (Å²) in [6.07, 6.45) is 2.63. The van der Waals surface area contributed by atoms with E-state index in [2.05, 4.69) is 55.4 Å². The summed E-state index contributed by atoms with van der Waals surface area (Å²) in [5, 5.41) is 26.5. The highest BCUT2D eigenvalue weighted by Gasteiger charge is 2.32. The van der Waals surface area contributed by atoms with E-state index >= 15 is 0 Å². The first-order valence-corrected chi connectivity index (χ1v) is 10.3. The van der Waals surface area contributed by atoms with Crippen molar-refractivity contribution in [1.29, 1.82) is 0 Å². The van der Waals surface area contributed by atoms with E-state index < -0.39 is 0 Å². The number of aliphatic hydroxyl groups excluding tert-OH is 2. The van der Waals surface area contributed by atoms with Crippen molar-refractivity contribution in [2.45, 2.75) is 76.9 Å². The molecular weight excluding hydrogens is 350 g/mol. The molecular formula is C23H33N3O2. The van der Waals surface area contributed by atoms with Crippen LogP contribution >= 0.6 is 0 Å². The predicted molar refractivity (Wildman–Crippen MR) is 112 cm³/mol. The molecule has 4 rings (SSSR count). The highest BCUT2D eigenvalue weighted by atomic mass is 16.3. The number of aliphatic hydroxyl groups is 2. The molecule has 0 spiro atoms. The SMILES string of the molecule is CC(C)NC1c2ccccc2C[C@H]1O.CC(C)NC1c2cccnc2C[C@H]1O. The van der Waals surface area contributed by atoms with Gasteiger partial charge in [0.05, 0.1) is 24.3 Å². The van der Waals surface area contributed by atoms with Crippen LogP contribution < -0.4 is 10.6 Å². The average Bonchev–Trinajstić information content (AvgIpc) is 3.12. The zero-order valence-electron chi connectivity index (χ0n) is 17.3. The minimum atomic E-state index is -0.331. The molecule has 2 unspecified atom stereocenters. The first-order valence-electron chi connectivity index (χ1n) is 10.3. The molecule has 5 nitrogen and oxygen atoms in total. The predicted octanol–water partition coefficient (Wildman–Crippen LogP) is 2.68. The highest BCUT2D eigenvalue weighted by molar-refractivity contribution is 5.36. The highest BCUT2D eigenvalue weighted by Crippen LogP contribution is 2.31. The van der Waals surface area contributed by atoms with Gasteiger partial charge in [0, 0.05) is 36.8 Å². The minimum absolute atomic E-state index is 0.0544. The second-order valence-electron chi connectivity index (χ2n) is 8.38. The molecule has 28 heavy (non-hydrogen) atoms. The number of aromatic nitrogens is 1. The van der Waals surface area contributed by atoms with Crippen LogP contribution in [0, 0.1) is 0 Å². The van der Waals surface area contributed by atoms with E-state index in [1.54, 1.807) is 6.20 Å². The molecule has 0 aliphatic heterocycles. The van der Waals surface area contributed by atoms with E-state index in [0.717, 1.165) is 17.7 Å².